The van der Waals surface area contributed by atoms with Crippen molar-refractivity contribution in [1.82, 2.24) is 19.8 Å². The lowest BCUT2D eigenvalue weighted by Crippen LogP contribution is -2.76. The van der Waals surface area contributed by atoms with Gasteiger partial charge in [0.2, 0.25) is 5.91 Å². The molecule has 0 saturated carbocycles. The van der Waals surface area contributed by atoms with Crippen LogP contribution in [0.2, 0.25) is 0 Å². The minimum Gasteiger partial charge on any atom is -0.372 e. The van der Waals surface area contributed by atoms with E-state index in [4.69, 9.17) is 21.0 Å². The molecule has 0 aromatic carbocycles. The number of halogens is 1. The number of anilines is 1. The lowest BCUT2D eigenvalue weighted by molar-refractivity contribution is -0.178. The van der Waals surface area contributed by atoms with Crippen LogP contribution in [0.3, 0.4) is 0 Å². The highest BCUT2D eigenvalue weighted by molar-refractivity contribution is 6.36. The molecule has 166 valence electrons. The van der Waals surface area contributed by atoms with Crippen LogP contribution in [0.5, 0.6) is 0 Å². The largest absolute Gasteiger partial charge is 0.372 e. The molecular formula is C20H24ClN5O5. The number of piperidine rings is 1. The average molecular weight is 450 g/mol. The Labute approximate surface area is 184 Å². The number of aromatic nitrogens is 1. The monoisotopic (exact) mass is 449 g/mol. The van der Waals surface area contributed by atoms with E-state index in [-0.39, 0.29) is 24.6 Å². The van der Waals surface area contributed by atoms with Crippen molar-refractivity contribution in [2.24, 2.45) is 5.41 Å². The van der Waals surface area contributed by atoms with Gasteiger partial charge in [0.05, 0.1) is 30.5 Å². The van der Waals surface area contributed by atoms with Crippen molar-refractivity contribution < 1.29 is 23.6 Å². The van der Waals surface area contributed by atoms with Gasteiger partial charge in [-0.3, -0.25) is 14.9 Å². The number of hydrogen-bond acceptors (Lipinski definition) is 8. The molecule has 1 spiro atoms. The van der Waals surface area contributed by atoms with Gasteiger partial charge >= 0.3 is 6.03 Å². The molecule has 10 nitrogen and oxygen atoms in total. The Hall–Kier alpha value is -2.59. The van der Waals surface area contributed by atoms with Crippen molar-refractivity contribution in [3.63, 3.8) is 0 Å². The van der Waals surface area contributed by atoms with Gasteiger partial charge in [-0.1, -0.05) is 5.16 Å². The number of imide groups is 2. The van der Waals surface area contributed by atoms with Crippen LogP contribution in [0.25, 0.3) is 6.08 Å². The van der Waals surface area contributed by atoms with Crippen LogP contribution < -0.4 is 10.2 Å². The van der Waals surface area contributed by atoms with E-state index in [2.05, 4.69) is 20.3 Å². The zero-order valence-electron chi connectivity index (χ0n) is 17.7. The predicted molar refractivity (Wildman–Crippen MR) is 110 cm³/mol. The van der Waals surface area contributed by atoms with Gasteiger partial charge in [0.25, 0.3) is 5.91 Å². The third-order valence-electron chi connectivity index (χ3n) is 6.77. The molecule has 0 aliphatic carbocycles. The highest BCUT2D eigenvalue weighted by Gasteiger charge is 2.67. The number of urea groups is 1. The lowest BCUT2D eigenvalue weighted by atomic mass is 9.65. The number of hydrogen-bond donors (Lipinski definition) is 1. The second kappa shape index (κ2) is 6.70. The van der Waals surface area contributed by atoms with Gasteiger partial charge in [-0.2, -0.15) is 4.42 Å². The van der Waals surface area contributed by atoms with Crippen molar-refractivity contribution in [3.8, 4) is 0 Å². The molecule has 11 heteroatoms. The van der Waals surface area contributed by atoms with Crippen LogP contribution in [-0.4, -0.2) is 69.2 Å². The maximum atomic E-state index is 13.5. The quantitative estimate of drug-likeness (QED) is 0.510. The smallest absolute Gasteiger partial charge is 0.345 e. The van der Waals surface area contributed by atoms with Gasteiger partial charge in [0.15, 0.2) is 11.2 Å². The number of ether oxygens (including phenoxy) is 1. The van der Waals surface area contributed by atoms with Gasteiger partial charge in [0, 0.05) is 36.1 Å². The van der Waals surface area contributed by atoms with Crippen LogP contribution in [0, 0.1) is 5.41 Å². The van der Waals surface area contributed by atoms with E-state index in [0.29, 0.717) is 16.7 Å². The lowest BCUT2D eigenvalue weighted by Gasteiger charge is -2.60. The number of nitrogens with one attached hydrogen (secondary N) is 1. The predicted octanol–water partition coefficient (Wildman–Crippen LogP) is 1.71. The zero-order valence-corrected chi connectivity index (χ0v) is 18.4. The number of barbiturate groups is 1. The Bertz CT molecular complexity index is 1010. The minimum absolute atomic E-state index is 0.0341. The first-order valence-corrected chi connectivity index (χ1v) is 10.7. The molecule has 5 atom stereocenters. The third-order valence-corrected chi connectivity index (χ3v) is 7.07. The van der Waals surface area contributed by atoms with Crippen molar-refractivity contribution in [2.75, 3.05) is 11.4 Å². The summed E-state index contributed by atoms with van der Waals surface area (Å²) in [4.78, 5) is 43.1. The van der Waals surface area contributed by atoms with Crippen LogP contribution in [0.1, 0.15) is 39.9 Å². The first-order chi connectivity index (χ1) is 14.7. The number of morpholine rings is 1. The summed E-state index contributed by atoms with van der Waals surface area (Å²) in [5, 5.41) is 6.24. The molecule has 5 rings (SSSR count). The summed E-state index contributed by atoms with van der Waals surface area (Å²) in [6.45, 7) is 8.33. The van der Waals surface area contributed by atoms with Crippen molar-refractivity contribution in [3.05, 3.63) is 17.7 Å². The van der Waals surface area contributed by atoms with Crippen LogP contribution in [-0.2, 0) is 14.3 Å². The minimum atomic E-state index is -1.58. The van der Waals surface area contributed by atoms with E-state index in [1.807, 2.05) is 33.8 Å². The highest BCUT2D eigenvalue weighted by atomic mass is 35.5. The number of rotatable bonds is 1. The fourth-order valence-corrected chi connectivity index (χ4v) is 5.94. The first kappa shape index (κ1) is 20.3. The molecule has 4 amide bonds. The van der Waals surface area contributed by atoms with Gasteiger partial charge < -0.3 is 19.1 Å². The standard InChI is InChI=1S/C20H24ClN5O5/c1-9(2)25-13-6-20(17(27)23-19(29)26(21)18(20)28)16-11(4)30-10(3)8-24(16)12(13)5-15-14(25)7-22-31-15/h5,7,9-11,13,16H,6,8H2,1-4H3,(H,23,27,29)/t10-,11+,13?,16-,20?/m0/s1. The van der Waals surface area contributed by atoms with Gasteiger partial charge in [-0.15, -0.1) is 0 Å². The molecule has 2 unspecified atom stereocenters. The summed E-state index contributed by atoms with van der Waals surface area (Å²) in [5.41, 5.74) is 0.155. The summed E-state index contributed by atoms with van der Waals surface area (Å²) < 4.78 is 12.0. The number of carbonyl (C=O) groups is 3. The Balaban J connectivity index is 1.72. The fourth-order valence-electron chi connectivity index (χ4n) is 5.74. The molecular weight excluding hydrogens is 426 g/mol. The van der Waals surface area contributed by atoms with E-state index in [9.17, 15) is 14.4 Å². The summed E-state index contributed by atoms with van der Waals surface area (Å²) in [6, 6.07) is -1.84. The van der Waals surface area contributed by atoms with Crippen LogP contribution in [0.4, 0.5) is 10.5 Å². The van der Waals surface area contributed by atoms with Crippen molar-refractivity contribution in [1.29, 1.82) is 0 Å². The maximum Gasteiger partial charge on any atom is 0.345 e. The second-order valence-electron chi connectivity index (χ2n) is 8.93. The molecule has 1 N–H and O–H groups in total. The SMILES string of the molecule is CC(C)N1c2cnoc2C=C2C1CC1(C(=O)NC(=O)N(Cl)C1=O)[C@@H]1[C@@H](C)O[C@@H](C)CN21. The fraction of sp³-hybridized carbons (Fsp3) is 0.600. The summed E-state index contributed by atoms with van der Waals surface area (Å²) in [5.74, 6) is -0.727. The van der Waals surface area contributed by atoms with Gasteiger partial charge in [-0.05, 0) is 34.1 Å². The Morgan fingerprint density at radius 2 is 2.03 bits per heavy atom. The Kier molecular flexibility index (Phi) is 4.39. The van der Waals surface area contributed by atoms with E-state index in [0.717, 1.165) is 11.4 Å². The zero-order chi connectivity index (χ0) is 22.2. The summed E-state index contributed by atoms with van der Waals surface area (Å²) >= 11 is 6.06. The molecule has 0 radical (unpaired) electrons. The maximum absolute atomic E-state index is 13.5. The Morgan fingerprint density at radius 3 is 2.74 bits per heavy atom. The van der Waals surface area contributed by atoms with Crippen LogP contribution >= 0.6 is 11.8 Å². The van der Waals surface area contributed by atoms with Crippen LogP contribution in [0.15, 0.2) is 16.4 Å². The van der Waals surface area contributed by atoms with Gasteiger partial charge in [0.1, 0.15) is 5.69 Å². The van der Waals surface area contributed by atoms with E-state index in [1.165, 1.54) is 0 Å². The molecule has 4 aliphatic heterocycles. The topological polar surface area (TPSA) is 108 Å². The molecule has 4 aliphatic rings. The second-order valence-corrected chi connectivity index (χ2v) is 9.27. The molecule has 31 heavy (non-hydrogen) atoms. The van der Waals surface area contributed by atoms with Crippen molar-refractivity contribution in [2.45, 2.75) is 64.4 Å². The number of amides is 4. The van der Waals surface area contributed by atoms with E-state index in [1.54, 1.807) is 6.20 Å². The highest BCUT2D eigenvalue weighted by Crippen LogP contribution is 2.52. The molecule has 1 aromatic heterocycles. The van der Waals surface area contributed by atoms with Crippen molar-refractivity contribution >= 4 is 41.4 Å². The molecule has 3 saturated heterocycles. The summed E-state index contributed by atoms with van der Waals surface area (Å²) in [7, 11) is 0. The number of nitrogens with zero attached hydrogens (tertiary/aromatic N) is 4. The Morgan fingerprint density at radius 1 is 1.29 bits per heavy atom. The molecule has 1 aromatic rings. The molecule has 3 fully saturated rings. The van der Waals surface area contributed by atoms with E-state index < -0.39 is 35.4 Å². The summed E-state index contributed by atoms with van der Waals surface area (Å²) in [6.07, 6.45) is 3.15. The molecule has 5 heterocycles. The first-order valence-electron chi connectivity index (χ1n) is 10.4. The normalized spacial score (nSPS) is 35.1. The number of carbonyl (C=O) groups excluding carboxylic acids is 3. The third kappa shape index (κ3) is 2.61. The number of fused-ring (bicyclic) bond motifs is 5. The van der Waals surface area contributed by atoms with E-state index >= 15 is 0 Å². The van der Waals surface area contributed by atoms with Gasteiger partial charge in [-0.25, -0.2) is 4.79 Å². The average Bonchev–Trinajstić information content (AvgIpc) is 3.16. The molecule has 0 bridgehead atoms.